The molecule has 3 heterocycles. The average molecular weight is 603 g/mol. The first-order chi connectivity index (χ1) is 20.7. The van der Waals surface area contributed by atoms with E-state index in [-0.39, 0.29) is 54.3 Å². The third-order valence-electron chi connectivity index (χ3n) is 8.61. The molecule has 1 aliphatic carbocycles. The smallest absolute Gasteiger partial charge is 0.248 e. The van der Waals surface area contributed by atoms with Crippen LogP contribution in [0.1, 0.15) is 73.3 Å². The molecule has 11 heteroatoms. The number of rotatable bonds is 9. The highest BCUT2D eigenvalue weighted by atomic mass is 32.2. The van der Waals surface area contributed by atoms with Crippen molar-refractivity contribution in [1.82, 2.24) is 29.6 Å². The monoisotopic (exact) mass is 602 g/mol. The summed E-state index contributed by atoms with van der Waals surface area (Å²) in [6.07, 6.45) is 4.18. The molecule has 4 aromatic rings. The molecule has 0 bridgehead atoms. The number of nitrogens with zero attached hydrogens (tertiary/aromatic N) is 5. The quantitative estimate of drug-likeness (QED) is 0.297. The van der Waals surface area contributed by atoms with Gasteiger partial charge in [0, 0.05) is 37.7 Å². The van der Waals surface area contributed by atoms with Crippen LogP contribution in [0, 0.1) is 13.8 Å². The fourth-order valence-corrected chi connectivity index (χ4v) is 7.37. The SMILES string of the molecule is CC[C@@H]1CN(Cc2cc(C(CC(=O)NC3CC3)c3ccc4c(nnn4CC)c3C)ccc2C)S(=O)(=O)c2cccnc2O1. The van der Waals surface area contributed by atoms with Gasteiger partial charge in [-0.2, -0.15) is 4.31 Å². The van der Waals surface area contributed by atoms with Gasteiger partial charge in [0.05, 0.1) is 12.1 Å². The molecule has 226 valence electrons. The number of sulfonamides is 1. The van der Waals surface area contributed by atoms with Gasteiger partial charge < -0.3 is 10.1 Å². The lowest BCUT2D eigenvalue weighted by molar-refractivity contribution is -0.121. The number of aryl methyl sites for hydroxylation is 3. The Balaban J connectivity index is 1.39. The lowest BCUT2D eigenvalue weighted by atomic mass is 9.84. The van der Waals surface area contributed by atoms with E-state index < -0.39 is 10.0 Å². The van der Waals surface area contributed by atoms with Crippen molar-refractivity contribution >= 4 is 27.0 Å². The van der Waals surface area contributed by atoms with E-state index in [1.807, 2.05) is 44.5 Å². The summed E-state index contributed by atoms with van der Waals surface area (Å²) in [4.78, 5) is 17.5. The average Bonchev–Trinajstić information content (AvgIpc) is 3.72. The zero-order chi connectivity index (χ0) is 30.3. The van der Waals surface area contributed by atoms with Crippen molar-refractivity contribution in [2.75, 3.05) is 6.54 Å². The number of fused-ring (bicyclic) bond motifs is 2. The van der Waals surface area contributed by atoms with Gasteiger partial charge in [-0.3, -0.25) is 4.79 Å². The van der Waals surface area contributed by atoms with Gasteiger partial charge in [0.25, 0.3) is 0 Å². The first-order valence-electron chi connectivity index (χ1n) is 15.0. The molecule has 2 aromatic heterocycles. The van der Waals surface area contributed by atoms with Crippen molar-refractivity contribution in [1.29, 1.82) is 0 Å². The Kier molecular flexibility index (Phi) is 7.95. The molecular weight excluding hydrogens is 564 g/mol. The Morgan fingerprint density at radius 3 is 2.70 bits per heavy atom. The molecule has 2 aromatic carbocycles. The maximum absolute atomic E-state index is 13.8. The van der Waals surface area contributed by atoms with E-state index in [4.69, 9.17) is 4.74 Å². The van der Waals surface area contributed by atoms with Gasteiger partial charge in [0.15, 0.2) is 0 Å². The minimum atomic E-state index is -3.86. The number of amides is 1. The summed E-state index contributed by atoms with van der Waals surface area (Å²) in [5.41, 5.74) is 6.60. The van der Waals surface area contributed by atoms with Gasteiger partial charge in [-0.25, -0.2) is 18.1 Å². The van der Waals surface area contributed by atoms with Crippen LogP contribution in [0.4, 0.5) is 0 Å². The summed E-state index contributed by atoms with van der Waals surface area (Å²) < 4.78 is 37.0. The number of nitrogens with one attached hydrogen (secondary N) is 1. The summed E-state index contributed by atoms with van der Waals surface area (Å²) in [5, 5.41) is 11.9. The van der Waals surface area contributed by atoms with Crippen molar-refractivity contribution in [3.63, 3.8) is 0 Å². The van der Waals surface area contributed by atoms with Crippen molar-refractivity contribution < 1.29 is 17.9 Å². The van der Waals surface area contributed by atoms with Gasteiger partial charge in [0.2, 0.25) is 21.8 Å². The predicted molar refractivity (Wildman–Crippen MR) is 163 cm³/mol. The number of ether oxygens (including phenoxy) is 1. The number of pyridine rings is 1. The molecule has 1 saturated carbocycles. The van der Waals surface area contributed by atoms with Crippen LogP contribution in [0.15, 0.2) is 53.6 Å². The predicted octanol–water partition coefficient (Wildman–Crippen LogP) is 4.63. The van der Waals surface area contributed by atoms with Crippen molar-refractivity contribution in [3.8, 4) is 5.88 Å². The number of carbonyl (C=O) groups is 1. The Bertz CT molecular complexity index is 1780. The van der Waals surface area contributed by atoms with Gasteiger partial charge in [-0.1, -0.05) is 36.4 Å². The zero-order valence-corrected chi connectivity index (χ0v) is 25.9. The van der Waals surface area contributed by atoms with Crippen LogP contribution >= 0.6 is 0 Å². The first kappa shape index (κ1) is 29.3. The van der Waals surface area contributed by atoms with Crippen LogP contribution in [-0.4, -0.2) is 57.3 Å². The van der Waals surface area contributed by atoms with Crippen LogP contribution < -0.4 is 10.1 Å². The number of hydrogen-bond donors (Lipinski definition) is 1. The number of hydrogen-bond acceptors (Lipinski definition) is 7. The second kappa shape index (κ2) is 11.7. The molecule has 0 radical (unpaired) electrons. The Hall–Kier alpha value is -3.83. The molecule has 2 atom stereocenters. The molecule has 0 spiro atoms. The molecule has 2 aliphatic rings. The van der Waals surface area contributed by atoms with E-state index in [9.17, 15) is 13.2 Å². The van der Waals surface area contributed by atoms with E-state index in [2.05, 4.69) is 38.8 Å². The number of aromatic nitrogens is 4. The maximum atomic E-state index is 13.8. The van der Waals surface area contributed by atoms with Crippen LogP contribution in [0.2, 0.25) is 0 Å². The van der Waals surface area contributed by atoms with E-state index in [1.165, 1.54) is 4.31 Å². The highest BCUT2D eigenvalue weighted by molar-refractivity contribution is 7.89. The molecule has 1 unspecified atom stereocenters. The van der Waals surface area contributed by atoms with Gasteiger partial charge >= 0.3 is 0 Å². The summed E-state index contributed by atoms with van der Waals surface area (Å²) >= 11 is 0. The van der Waals surface area contributed by atoms with Crippen LogP contribution in [0.5, 0.6) is 5.88 Å². The second-order valence-electron chi connectivity index (χ2n) is 11.6. The normalized spacial score (nSPS) is 18.9. The lowest BCUT2D eigenvalue weighted by Gasteiger charge is -2.25. The Morgan fingerprint density at radius 1 is 1.14 bits per heavy atom. The topological polar surface area (TPSA) is 119 Å². The number of benzene rings is 2. The van der Waals surface area contributed by atoms with Crippen LogP contribution in [0.25, 0.3) is 11.0 Å². The molecule has 0 saturated heterocycles. The summed E-state index contributed by atoms with van der Waals surface area (Å²) in [7, 11) is -3.86. The van der Waals surface area contributed by atoms with E-state index in [0.717, 1.165) is 51.7 Å². The summed E-state index contributed by atoms with van der Waals surface area (Å²) in [6, 6.07) is 13.7. The zero-order valence-electron chi connectivity index (χ0n) is 25.1. The van der Waals surface area contributed by atoms with E-state index >= 15 is 0 Å². The van der Waals surface area contributed by atoms with Crippen molar-refractivity contribution in [3.05, 3.63) is 76.5 Å². The highest BCUT2D eigenvalue weighted by Gasteiger charge is 2.35. The molecule has 1 amide bonds. The Morgan fingerprint density at radius 2 is 1.95 bits per heavy atom. The van der Waals surface area contributed by atoms with Gasteiger partial charge in [-0.15, -0.1) is 5.10 Å². The fourth-order valence-electron chi connectivity index (χ4n) is 5.85. The van der Waals surface area contributed by atoms with Crippen LogP contribution in [-0.2, 0) is 27.9 Å². The molecule has 1 aliphatic heterocycles. The third kappa shape index (κ3) is 5.75. The second-order valence-corrected chi connectivity index (χ2v) is 13.5. The van der Waals surface area contributed by atoms with Crippen molar-refractivity contribution in [2.24, 2.45) is 0 Å². The standard InChI is InChI=1S/C32H38N6O4S/c1-5-25-19-37(43(40,41)29-8-7-15-33-32(29)42-25)18-23-16-22(10-9-20(23)3)27(17-30(39)34-24-11-12-24)26-13-14-28-31(21(26)4)35-36-38(28)6-2/h7-10,13-16,24-25,27H,5-6,11-12,17-19H2,1-4H3,(H,34,39)/t25-,27?/m1/s1. The molecule has 43 heavy (non-hydrogen) atoms. The minimum absolute atomic E-state index is 0.00785. The molecule has 10 nitrogen and oxygen atoms in total. The third-order valence-corrected chi connectivity index (χ3v) is 10.4. The first-order valence-corrected chi connectivity index (χ1v) is 16.5. The molecule has 1 N–H and O–H groups in total. The maximum Gasteiger partial charge on any atom is 0.248 e. The Labute approximate surface area is 252 Å². The van der Waals surface area contributed by atoms with Gasteiger partial charge in [-0.05, 0) is 86.1 Å². The molecular formula is C32H38N6O4S. The molecule has 6 rings (SSSR count). The number of carbonyl (C=O) groups excluding carboxylic acids is 1. The van der Waals surface area contributed by atoms with E-state index in [1.54, 1.807) is 18.3 Å². The lowest BCUT2D eigenvalue weighted by Crippen LogP contribution is -2.36. The highest BCUT2D eigenvalue weighted by Crippen LogP contribution is 2.36. The van der Waals surface area contributed by atoms with E-state index in [0.29, 0.717) is 13.0 Å². The summed E-state index contributed by atoms with van der Waals surface area (Å²) in [6.45, 7) is 9.15. The largest absolute Gasteiger partial charge is 0.472 e. The van der Waals surface area contributed by atoms with Crippen molar-refractivity contribution in [2.45, 2.75) is 89.4 Å². The van der Waals surface area contributed by atoms with Crippen LogP contribution in [0.3, 0.4) is 0 Å². The molecule has 1 fully saturated rings. The summed E-state index contributed by atoms with van der Waals surface area (Å²) in [5.74, 6) is -0.0879. The van der Waals surface area contributed by atoms with Gasteiger partial charge in [0.1, 0.15) is 16.5 Å². The minimum Gasteiger partial charge on any atom is -0.472 e. The fraction of sp³-hybridized carbons (Fsp3) is 0.438.